The van der Waals surface area contributed by atoms with Crippen LogP contribution in [0.5, 0.6) is 5.75 Å². The maximum Gasteiger partial charge on any atom is 0.323 e. The first-order valence-electron chi connectivity index (χ1n) is 12.7. The van der Waals surface area contributed by atoms with Gasteiger partial charge in [0.1, 0.15) is 17.9 Å². The summed E-state index contributed by atoms with van der Waals surface area (Å²) in [5.41, 5.74) is 5.15. The zero-order valence-electron chi connectivity index (χ0n) is 21.7. The molecular weight excluding hydrogens is 486 g/mol. The number of hydrogen-bond acceptors (Lipinski definition) is 3. The average molecular weight is 520 g/mol. The molecule has 1 aliphatic heterocycles. The molecular formula is C31H34ClNO4. The Morgan fingerprint density at radius 3 is 2.30 bits per heavy atom. The van der Waals surface area contributed by atoms with Crippen molar-refractivity contribution in [3.05, 3.63) is 99.6 Å². The largest absolute Gasteiger partial charge is 0.487 e. The number of carboxylic acids is 1. The smallest absolute Gasteiger partial charge is 0.323 e. The van der Waals surface area contributed by atoms with E-state index in [1.165, 1.54) is 16.0 Å². The molecule has 0 saturated heterocycles. The quantitative estimate of drug-likeness (QED) is 0.351. The maximum atomic E-state index is 13.1. The van der Waals surface area contributed by atoms with Gasteiger partial charge in [0, 0.05) is 24.4 Å². The molecule has 3 aromatic rings. The van der Waals surface area contributed by atoms with Crippen LogP contribution in [0.25, 0.3) is 0 Å². The second-order valence-electron chi connectivity index (χ2n) is 10.5. The summed E-state index contributed by atoms with van der Waals surface area (Å²) in [5, 5.41) is 9.99. The molecule has 3 aromatic carbocycles. The minimum atomic E-state index is -1.02. The molecule has 1 aliphatic rings. The third-order valence-electron chi connectivity index (χ3n) is 6.89. The standard InChI is InChI=1S/C31H34ClNO4/c1-21(2)25-9-4-23(5-10-25)18-31(3)19-26-16-24(8-13-28(26)37-31)17-29(34)33(20-30(35)36)15-14-22-6-11-27(32)12-7-22/h4-13,16,21H,14-15,17-20H2,1-3H3,(H,35,36)/t31-/m0/s1. The van der Waals surface area contributed by atoms with Crippen LogP contribution in [0.15, 0.2) is 66.7 Å². The lowest BCUT2D eigenvalue weighted by Gasteiger charge is -2.24. The Morgan fingerprint density at radius 2 is 1.65 bits per heavy atom. The third-order valence-corrected chi connectivity index (χ3v) is 7.14. The van der Waals surface area contributed by atoms with Crippen molar-refractivity contribution in [3.8, 4) is 5.75 Å². The molecule has 0 radical (unpaired) electrons. The molecule has 1 atom stereocenters. The van der Waals surface area contributed by atoms with Gasteiger partial charge in [-0.1, -0.05) is 74.0 Å². The van der Waals surface area contributed by atoms with E-state index >= 15 is 0 Å². The highest BCUT2D eigenvalue weighted by Gasteiger charge is 2.35. The van der Waals surface area contributed by atoms with Crippen molar-refractivity contribution in [1.29, 1.82) is 0 Å². The lowest BCUT2D eigenvalue weighted by molar-refractivity contribution is -0.144. The molecule has 5 nitrogen and oxygen atoms in total. The average Bonchev–Trinajstić information content (AvgIpc) is 3.17. The summed E-state index contributed by atoms with van der Waals surface area (Å²) in [6.07, 6.45) is 2.26. The van der Waals surface area contributed by atoms with E-state index in [-0.39, 0.29) is 24.5 Å². The molecule has 1 N–H and O–H groups in total. The van der Waals surface area contributed by atoms with Crippen LogP contribution in [0.4, 0.5) is 0 Å². The van der Waals surface area contributed by atoms with Gasteiger partial charge >= 0.3 is 5.97 Å². The van der Waals surface area contributed by atoms with Gasteiger partial charge in [-0.2, -0.15) is 0 Å². The van der Waals surface area contributed by atoms with Crippen LogP contribution < -0.4 is 4.74 Å². The maximum absolute atomic E-state index is 13.1. The third kappa shape index (κ3) is 7.14. The van der Waals surface area contributed by atoms with Gasteiger partial charge in [0.2, 0.25) is 5.91 Å². The van der Waals surface area contributed by atoms with Crippen LogP contribution in [0.3, 0.4) is 0 Å². The van der Waals surface area contributed by atoms with E-state index in [1.54, 1.807) is 12.1 Å². The van der Waals surface area contributed by atoms with E-state index < -0.39 is 5.97 Å². The Hall–Kier alpha value is -3.31. The SMILES string of the molecule is CC(C)c1ccc(C[C@@]2(C)Cc3cc(CC(=O)N(CCc4ccc(Cl)cc4)CC(=O)O)ccc3O2)cc1. The van der Waals surface area contributed by atoms with Crippen LogP contribution in [0.2, 0.25) is 5.02 Å². The zero-order chi connectivity index (χ0) is 26.6. The van der Waals surface area contributed by atoms with Gasteiger partial charge in [-0.05, 0) is 65.3 Å². The molecule has 0 aliphatic carbocycles. The van der Waals surface area contributed by atoms with Crippen LogP contribution in [0, 0.1) is 0 Å². The Kier molecular flexibility index (Phi) is 8.23. The number of carbonyl (C=O) groups excluding carboxylic acids is 1. The number of ether oxygens (including phenoxy) is 1. The molecule has 0 aromatic heterocycles. The van der Waals surface area contributed by atoms with E-state index in [9.17, 15) is 14.7 Å². The van der Waals surface area contributed by atoms with Crippen molar-refractivity contribution < 1.29 is 19.4 Å². The van der Waals surface area contributed by atoms with Gasteiger partial charge in [-0.3, -0.25) is 9.59 Å². The van der Waals surface area contributed by atoms with E-state index in [0.717, 1.165) is 35.3 Å². The Labute approximate surface area is 224 Å². The summed E-state index contributed by atoms with van der Waals surface area (Å²) in [7, 11) is 0. The van der Waals surface area contributed by atoms with Gasteiger partial charge in [-0.15, -0.1) is 0 Å². The lowest BCUT2D eigenvalue weighted by atomic mass is 9.90. The normalized spacial score (nSPS) is 16.4. The first-order valence-corrected chi connectivity index (χ1v) is 13.1. The fourth-order valence-corrected chi connectivity index (χ4v) is 5.02. The van der Waals surface area contributed by atoms with E-state index in [4.69, 9.17) is 16.3 Å². The molecule has 37 heavy (non-hydrogen) atoms. The molecule has 1 heterocycles. The summed E-state index contributed by atoms with van der Waals surface area (Å²) >= 11 is 5.95. The number of carboxylic acid groups (broad SMARTS) is 1. The molecule has 0 fully saturated rings. The number of hydrogen-bond donors (Lipinski definition) is 1. The Morgan fingerprint density at radius 1 is 1.00 bits per heavy atom. The second-order valence-corrected chi connectivity index (χ2v) is 10.9. The number of nitrogens with zero attached hydrogens (tertiary/aromatic N) is 1. The van der Waals surface area contributed by atoms with Crippen LogP contribution >= 0.6 is 11.6 Å². The lowest BCUT2D eigenvalue weighted by Crippen LogP contribution is -2.38. The number of aliphatic carboxylic acids is 1. The van der Waals surface area contributed by atoms with E-state index in [1.807, 2.05) is 30.3 Å². The molecule has 0 unspecified atom stereocenters. The van der Waals surface area contributed by atoms with Gasteiger partial charge in [-0.25, -0.2) is 0 Å². The highest BCUT2D eigenvalue weighted by molar-refractivity contribution is 6.30. The van der Waals surface area contributed by atoms with Crippen LogP contribution in [0.1, 0.15) is 54.5 Å². The summed E-state index contributed by atoms with van der Waals surface area (Å²) in [6.45, 7) is 6.51. The predicted octanol–water partition coefficient (Wildman–Crippen LogP) is 6.10. The Balaban J connectivity index is 1.40. The van der Waals surface area contributed by atoms with Crippen LogP contribution in [-0.4, -0.2) is 40.6 Å². The number of rotatable bonds is 10. The molecule has 0 spiro atoms. The van der Waals surface area contributed by atoms with Crippen molar-refractivity contribution in [2.45, 2.75) is 58.0 Å². The topological polar surface area (TPSA) is 66.8 Å². The monoisotopic (exact) mass is 519 g/mol. The first kappa shape index (κ1) is 26.7. The minimum absolute atomic E-state index is 0.147. The molecule has 0 saturated carbocycles. The first-order chi connectivity index (χ1) is 17.6. The van der Waals surface area contributed by atoms with Crippen LogP contribution in [-0.2, 0) is 35.3 Å². The van der Waals surface area contributed by atoms with Crippen molar-refractivity contribution >= 4 is 23.5 Å². The summed E-state index contributed by atoms with van der Waals surface area (Å²) in [6, 6.07) is 22.0. The number of amides is 1. The highest BCUT2D eigenvalue weighted by Crippen LogP contribution is 2.37. The van der Waals surface area contributed by atoms with Crippen molar-refractivity contribution in [2.75, 3.05) is 13.1 Å². The summed E-state index contributed by atoms with van der Waals surface area (Å²) in [4.78, 5) is 25.9. The fraction of sp³-hybridized carbons (Fsp3) is 0.355. The summed E-state index contributed by atoms with van der Waals surface area (Å²) < 4.78 is 6.35. The fourth-order valence-electron chi connectivity index (χ4n) is 4.89. The number of halogens is 1. The van der Waals surface area contributed by atoms with Crippen molar-refractivity contribution in [2.24, 2.45) is 0 Å². The molecule has 0 bridgehead atoms. The minimum Gasteiger partial charge on any atom is -0.487 e. The van der Waals surface area contributed by atoms with Crippen molar-refractivity contribution in [1.82, 2.24) is 4.90 Å². The Bertz CT molecular complexity index is 1250. The summed E-state index contributed by atoms with van der Waals surface area (Å²) in [5.74, 6) is 0.122. The van der Waals surface area contributed by atoms with E-state index in [0.29, 0.717) is 23.9 Å². The number of carbonyl (C=O) groups is 2. The van der Waals surface area contributed by atoms with Gasteiger partial charge in [0.15, 0.2) is 0 Å². The highest BCUT2D eigenvalue weighted by atomic mass is 35.5. The molecule has 194 valence electrons. The van der Waals surface area contributed by atoms with Gasteiger partial charge in [0.05, 0.1) is 6.42 Å². The van der Waals surface area contributed by atoms with E-state index in [2.05, 4.69) is 45.0 Å². The van der Waals surface area contributed by atoms with Gasteiger partial charge in [0.25, 0.3) is 0 Å². The zero-order valence-corrected chi connectivity index (χ0v) is 22.4. The molecule has 1 amide bonds. The number of fused-ring (bicyclic) bond motifs is 1. The van der Waals surface area contributed by atoms with Crippen molar-refractivity contribution in [3.63, 3.8) is 0 Å². The second kappa shape index (κ2) is 11.4. The van der Waals surface area contributed by atoms with Gasteiger partial charge < -0.3 is 14.7 Å². The molecule has 6 heteroatoms. The number of benzene rings is 3. The molecule has 4 rings (SSSR count). The predicted molar refractivity (Wildman–Crippen MR) is 146 cm³/mol.